The van der Waals surface area contributed by atoms with Crippen molar-refractivity contribution in [3.63, 3.8) is 0 Å². The summed E-state index contributed by atoms with van der Waals surface area (Å²) >= 11 is 5.64. The molecule has 0 radical (unpaired) electrons. The first-order valence-electron chi connectivity index (χ1n) is 3.71. The van der Waals surface area contributed by atoms with E-state index in [1.807, 2.05) is 0 Å². The predicted octanol–water partition coefficient (Wildman–Crippen LogP) is 3.08. The van der Waals surface area contributed by atoms with Crippen molar-refractivity contribution in [2.24, 2.45) is 0 Å². The molecule has 1 atom stereocenters. The van der Waals surface area contributed by atoms with E-state index < -0.39 is 6.17 Å². The number of benzene rings is 1. The first-order valence-corrected chi connectivity index (χ1v) is 4.08. The third-order valence-electron chi connectivity index (χ3n) is 1.29. The van der Waals surface area contributed by atoms with Crippen LogP contribution in [0.1, 0.15) is 6.92 Å². The second-order valence-corrected chi connectivity index (χ2v) is 2.98. The van der Waals surface area contributed by atoms with Crippen molar-refractivity contribution in [1.29, 1.82) is 0 Å². The highest BCUT2D eigenvalue weighted by Gasteiger charge is 1.98. The molecule has 0 bridgehead atoms. The second-order valence-electron chi connectivity index (χ2n) is 2.55. The first-order chi connectivity index (χ1) is 5.68. The van der Waals surface area contributed by atoms with Crippen molar-refractivity contribution in [3.8, 4) is 5.75 Å². The van der Waals surface area contributed by atoms with Gasteiger partial charge in [-0.15, -0.1) is 0 Å². The lowest BCUT2D eigenvalue weighted by molar-refractivity contribution is 0.210. The third kappa shape index (κ3) is 3.09. The highest BCUT2D eigenvalue weighted by Crippen LogP contribution is 2.15. The van der Waals surface area contributed by atoms with Gasteiger partial charge in [0.15, 0.2) is 0 Å². The Labute approximate surface area is 76.1 Å². The van der Waals surface area contributed by atoms with Crippen LogP contribution in [0.25, 0.3) is 0 Å². The molecule has 1 unspecified atom stereocenters. The summed E-state index contributed by atoms with van der Waals surface area (Å²) in [6.07, 6.45) is -0.944. The molecular weight excluding hydrogens is 179 g/mol. The lowest BCUT2D eigenvalue weighted by Gasteiger charge is -2.05. The van der Waals surface area contributed by atoms with Crippen LogP contribution < -0.4 is 4.74 Å². The zero-order chi connectivity index (χ0) is 8.97. The Kier molecular flexibility index (Phi) is 3.35. The van der Waals surface area contributed by atoms with Crippen LogP contribution in [0.5, 0.6) is 5.75 Å². The van der Waals surface area contributed by atoms with Crippen molar-refractivity contribution in [2.45, 2.75) is 13.1 Å². The van der Waals surface area contributed by atoms with E-state index in [0.29, 0.717) is 10.8 Å². The molecule has 0 aliphatic carbocycles. The zero-order valence-corrected chi connectivity index (χ0v) is 7.51. The molecule has 0 spiro atoms. The summed E-state index contributed by atoms with van der Waals surface area (Å²) in [5, 5.41) is 0.649. The SMILES string of the molecule is CC(F)COc1ccc(Cl)cc1. The van der Waals surface area contributed by atoms with Crippen LogP contribution in [-0.2, 0) is 0 Å². The van der Waals surface area contributed by atoms with Gasteiger partial charge in [-0.3, -0.25) is 0 Å². The largest absolute Gasteiger partial charge is 0.491 e. The Balaban J connectivity index is 2.48. The molecule has 0 fully saturated rings. The molecule has 0 N–H and O–H groups in total. The summed E-state index contributed by atoms with van der Waals surface area (Å²) in [4.78, 5) is 0. The molecule has 1 rings (SSSR count). The standard InChI is InChI=1S/C9H10ClFO/c1-7(11)6-12-9-4-2-8(10)3-5-9/h2-5,7H,6H2,1H3. The van der Waals surface area contributed by atoms with Crippen LogP contribution in [0, 0.1) is 0 Å². The third-order valence-corrected chi connectivity index (χ3v) is 1.55. The van der Waals surface area contributed by atoms with Crippen LogP contribution >= 0.6 is 11.6 Å². The van der Waals surface area contributed by atoms with Gasteiger partial charge < -0.3 is 4.74 Å². The highest BCUT2D eigenvalue weighted by molar-refractivity contribution is 6.30. The smallest absolute Gasteiger partial charge is 0.131 e. The second kappa shape index (κ2) is 4.31. The number of ether oxygens (including phenoxy) is 1. The van der Waals surface area contributed by atoms with Gasteiger partial charge >= 0.3 is 0 Å². The van der Waals surface area contributed by atoms with Crippen molar-refractivity contribution in [1.82, 2.24) is 0 Å². The topological polar surface area (TPSA) is 9.23 Å². The van der Waals surface area contributed by atoms with Gasteiger partial charge in [0.1, 0.15) is 18.5 Å². The van der Waals surface area contributed by atoms with Gasteiger partial charge in [-0.05, 0) is 31.2 Å². The molecule has 1 aromatic carbocycles. The van der Waals surface area contributed by atoms with Crippen LogP contribution in [0.15, 0.2) is 24.3 Å². The zero-order valence-electron chi connectivity index (χ0n) is 6.76. The first kappa shape index (κ1) is 9.33. The minimum absolute atomic E-state index is 0.0850. The van der Waals surface area contributed by atoms with Crippen molar-refractivity contribution >= 4 is 11.6 Å². The molecule has 0 saturated heterocycles. The molecule has 0 amide bonds. The van der Waals surface area contributed by atoms with Crippen LogP contribution in [0.2, 0.25) is 5.02 Å². The van der Waals surface area contributed by atoms with E-state index in [4.69, 9.17) is 16.3 Å². The Morgan fingerprint density at radius 3 is 2.50 bits per heavy atom. The van der Waals surface area contributed by atoms with E-state index in [1.165, 1.54) is 6.92 Å². The van der Waals surface area contributed by atoms with Gasteiger partial charge in [-0.25, -0.2) is 4.39 Å². The van der Waals surface area contributed by atoms with E-state index in [0.717, 1.165) is 0 Å². The maximum atomic E-state index is 12.3. The lowest BCUT2D eigenvalue weighted by Crippen LogP contribution is -2.07. The van der Waals surface area contributed by atoms with Crippen molar-refractivity contribution in [2.75, 3.05) is 6.61 Å². The Hall–Kier alpha value is -0.760. The van der Waals surface area contributed by atoms with Gasteiger partial charge in [-0.2, -0.15) is 0 Å². The van der Waals surface area contributed by atoms with Crippen LogP contribution in [0.3, 0.4) is 0 Å². The fraction of sp³-hybridized carbons (Fsp3) is 0.333. The Morgan fingerprint density at radius 1 is 1.42 bits per heavy atom. The molecule has 0 aliphatic heterocycles. The minimum Gasteiger partial charge on any atom is -0.491 e. The average Bonchev–Trinajstić information content (AvgIpc) is 2.03. The van der Waals surface area contributed by atoms with Gasteiger partial charge in [0, 0.05) is 5.02 Å². The molecular formula is C9H10ClFO. The monoisotopic (exact) mass is 188 g/mol. The van der Waals surface area contributed by atoms with Gasteiger partial charge in [0.05, 0.1) is 0 Å². The summed E-state index contributed by atoms with van der Waals surface area (Å²) in [5.41, 5.74) is 0. The van der Waals surface area contributed by atoms with E-state index in [2.05, 4.69) is 0 Å². The molecule has 66 valence electrons. The quantitative estimate of drug-likeness (QED) is 0.709. The molecule has 1 aromatic rings. The molecule has 0 saturated carbocycles. The number of alkyl halides is 1. The molecule has 12 heavy (non-hydrogen) atoms. The minimum atomic E-state index is -0.944. The normalized spacial score (nSPS) is 12.6. The molecule has 0 aromatic heterocycles. The number of hydrogen-bond donors (Lipinski definition) is 0. The van der Waals surface area contributed by atoms with Gasteiger partial charge in [-0.1, -0.05) is 11.6 Å². The van der Waals surface area contributed by atoms with Crippen LogP contribution in [-0.4, -0.2) is 12.8 Å². The van der Waals surface area contributed by atoms with E-state index in [-0.39, 0.29) is 6.61 Å². The molecule has 0 aliphatic rings. The summed E-state index contributed by atoms with van der Waals surface area (Å²) in [7, 11) is 0. The van der Waals surface area contributed by atoms with E-state index in [9.17, 15) is 4.39 Å². The number of rotatable bonds is 3. The van der Waals surface area contributed by atoms with Gasteiger partial charge in [0.25, 0.3) is 0 Å². The lowest BCUT2D eigenvalue weighted by atomic mass is 10.3. The number of halogens is 2. The van der Waals surface area contributed by atoms with E-state index in [1.54, 1.807) is 24.3 Å². The molecule has 1 nitrogen and oxygen atoms in total. The maximum absolute atomic E-state index is 12.3. The van der Waals surface area contributed by atoms with Crippen molar-refractivity contribution in [3.05, 3.63) is 29.3 Å². The van der Waals surface area contributed by atoms with Gasteiger partial charge in [0.2, 0.25) is 0 Å². The summed E-state index contributed by atoms with van der Waals surface area (Å²) < 4.78 is 17.4. The maximum Gasteiger partial charge on any atom is 0.131 e. The Bertz CT molecular complexity index is 233. The van der Waals surface area contributed by atoms with Crippen molar-refractivity contribution < 1.29 is 9.13 Å². The summed E-state index contributed by atoms with van der Waals surface area (Å²) in [6, 6.07) is 6.84. The summed E-state index contributed by atoms with van der Waals surface area (Å²) in [5.74, 6) is 0.643. The highest BCUT2D eigenvalue weighted by atomic mass is 35.5. The Morgan fingerprint density at radius 2 is 2.00 bits per heavy atom. The molecule has 3 heteroatoms. The predicted molar refractivity (Wildman–Crippen MR) is 47.5 cm³/mol. The fourth-order valence-electron chi connectivity index (χ4n) is 0.742. The van der Waals surface area contributed by atoms with Crippen LogP contribution in [0.4, 0.5) is 4.39 Å². The fourth-order valence-corrected chi connectivity index (χ4v) is 0.868. The van der Waals surface area contributed by atoms with E-state index >= 15 is 0 Å². The molecule has 0 heterocycles. The number of hydrogen-bond acceptors (Lipinski definition) is 1. The summed E-state index contributed by atoms with van der Waals surface area (Å²) in [6.45, 7) is 1.54. The average molecular weight is 189 g/mol.